The van der Waals surface area contributed by atoms with Gasteiger partial charge in [-0.1, -0.05) is 0 Å². The van der Waals surface area contributed by atoms with Crippen molar-refractivity contribution in [1.82, 2.24) is 0 Å². The van der Waals surface area contributed by atoms with E-state index in [0.717, 1.165) is 0 Å². The first-order valence-electron chi connectivity index (χ1n) is 5.49. The van der Waals surface area contributed by atoms with E-state index in [-0.39, 0.29) is 17.6 Å². The molecule has 0 aromatic heterocycles. The summed E-state index contributed by atoms with van der Waals surface area (Å²) < 4.78 is 33.4. The summed E-state index contributed by atoms with van der Waals surface area (Å²) >= 11 is 0. The fraction of sp³-hybridized carbons (Fsp3) is 0.417. The molecule has 18 heavy (non-hydrogen) atoms. The van der Waals surface area contributed by atoms with Gasteiger partial charge in [0.25, 0.3) is 0 Å². The van der Waals surface area contributed by atoms with Crippen LogP contribution in [-0.4, -0.2) is 33.1 Å². The minimum Gasteiger partial charge on any atom is -0.493 e. The third-order valence-electron chi connectivity index (χ3n) is 2.78. The van der Waals surface area contributed by atoms with Crippen LogP contribution in [0.4, 0.5) is 0 Å². The lowest BCUT2D eigenvalue weighted by Crippen LogP contribution is -2.18. The lowest BCUT2D eigenvalue weighted by atomic mass is 10.2. The van der Waals surface area contributed by atoms with E-state index < -0.39 is 9.84 Å². The van der Waals surface area contributed by atoms with E-state index in [1.807, 2.05) is 6.07 Å². The first kappa shape index (κ1) is 12.7. The van der Waals surface area contributed by atoms with E-state index in [1.54, 1.807) is 18.2 Å². The molecule has 1 fully saturated rings. The summed E-state index contributed by atoms with van der Waals surface area (Å²) in [4.78, 5) is 0. The summed E-state index contributed by atoms with van der Waals surface area (Å²) in [5, 5.41) is 8.83. The lowest BCUT2D eigenvalue weighted by Gasteiger charge is -2.15. The van der Waals surface area contributed by atoms with Gasteiger partial charge in [-0.3, -0.25) is 0 Å². The second kappa shape index (κ2) is 4.86. The van der Waals surface area contributed by atoms with Gasteiger partial charge in [0.15, 0.2) is 21.3 Å². The zero-order chi connectivity index (χ0) is 13.2. The number of nitrogens with zero attached hydrogens (tertiary/aromatic N) is 1. The van der Waals surface area contributed by atoms with Crippen LogP contribution in [0.5, 0.6) is 11.5 Å². The normalized spacial score (nSPS) is 21.2. The SMILES string of the molecule is COc1ccc(C#N)cc1OC1CCS(=O)(=O)C1. The Labute approximate surface area is 106 Å². The van der Waals surface area contributed by atoms with Crippen molar-refractivity contribution in [3.05, 3.63) is 23.8 Å². The highest BCUT2D eigenvalue weighted by Gasteiger charge is 2.30. The molecule has 1 unspecified atom stereocenters. The Morgan fingerprint density at radius 1 is 1.39 bits per heavy atom. The van der Waals surface area contributed by atoms with E-state index in [9.17, 15) is 8.42 Å². The molecule has 0 bridgehead atoms. The highest BCUT2D eigenvalue weighted by molar-refractivity contribution is 7.91. The largest absolute Gasteiger partial charge is 0.493 e. The van der Waals surface area contributed by atoms with Gasteiger partial charge in [0, 0.05) is 6.07 Å². The third kappa shape index (κ3) is 2.74. The lowest BCUT2D eigenvalue weighted by molar-refractivity contribution is 0.218. The maximum absolute atomic E-state index is 11.3. The van der Waals surface area contributed by atoms with Crippen LogP contribution in [0.15, 0.2) is 18.2 Å². The zero-order valence-corrected chi connectivity index (χ0v) is 10.7. The molecule has 1 aromatic carbocycles. The van der Waals surface area contributed by atoms with E-state index >= 15 is 0 Å². The molecule has 0 radical (unpaired) electrons. The number of hydrogen-bond donors (Lipinski definition) is 0. The van der Waals surface area contributed by atoms with Crippen LogP contribution >= 0.6 is 0 Å². The van der Waals surface area contributed by atoms with E-state index in [1.165, 1.54) is 7.11 Å². The van der Waals surface area contributed by atoms with Crippen molar-refractivity contribution in [2.45, 2.75) is 12.5 Å². The van der Waals surface area contributed by atoms with Gasteiger partial charge in [0.05, 0.1) is 30.2 Å². The van der Waals surface area contributed by atoms with Crippen LogP contribution in [-0.2, 0) is 9.84 Å². The Kier molecular flexibility index (Phi) is 3.43. The molecule has 1 atom stereocenters. The maximum atomic E-state index is 11.3. The molecule has 2 rings (SSSR count). The van der Waals surface area contributed by atoms with Crippen molar-refractivity contribution in [3.63, 3.8) is 0 Å². The summed E-state index contributed by atoms with van der Waals surface area (Å²) in [6.07, 6.45) is 0.111. The van der Waals surface area contributed by atoms with Gasteiger partial charge in [-0.15, -0.1) is 0 Å². The number of benzene rings is 1. The summed E-state index contributed by atoms with van der Waals surface area (Å²) in [7, 11) is -1.48. The van der Waals surface area contributed by atoms with Gasteiger partial charge >= 0.3 is 0 Å². The molecule has 0 aliphatic carbocycles. The molecular weight excluding hydrogens is 254 g/mol. The highest BCUT2D eigenvalue weighted by atomic mass is 32.2. The van der Waals surface area contributed by atoms with E-state index in [2.05, 4.69) is 0 Å². The first-order chi connectivity index (χ1) is 8.54. The zero-order valence-electron chi connectivity index (χ0n) is 9.92. The number of ether oxygens (including phenoxy) is 2. The van der Waals surface area contributed by atoms with Gasteiger partial charge in [-0.2, -0.15) is 5.26 Å². The molecule has 96 valence electrons. The van der Waals surface area contributed by atoms with Crippen molar-refractivity contribution in [3.8, 4) is 17.6 Å². The van der Waals surface area contributed by atoms with Crippen LogP contribution in [0.25, 0.3) is 0 Å². The van der Waals surface area contributed by atoms with Crippen LogP contribution in [0.1, 0.15) is 12.0 Å². The molecule has 1 heterocycles. The number of nitriles is 1. The third-order valence-corrected chi connectivity index (χ3v) is 4.51. The van der Waals surface area contributed by atoms with Crippen LogP contribution < -0.4 is 9.47 Å². The van der Waals surface area contributed by atoms with Crippen LogP contribution in [0.2, 0.25) is 0 Å². The quantitative estimate of drug-likeness (QED) is 0.820. The van der Waals surface area contributed by atoms with Gasteiger partial charge in [-0.25, -0.2) is 8.42 Å². The number of hydrogen-bond acceptors (Lipinski definition) is 5. The topological polar surface area (TPSA) is 76.4 Å². The van der Waals surface area contributed by atoms with Gasteiger partial charge in [-0.05, 0) is 18.6 Å². The van der Waals surface area contributed by atoms with Crippen LogP contribution in [0, 0.1) is 11.3 Å². The molecule has 5 nitrogen and oxygen atoms in total. The molecule has 6 heteroatoms. The number of rotatable bonds is 3. The van der Waals surface area contributed by atoms with Crippen molar-refractivity contribution in [2.24, 2.45) is 0 Å². The van der Waals surface area contributed by atoms with Gasteiger partial charge in [0.2, 0.25) is 0 Å². The molecule has 0 N–H and O–H groups in total. The molecule has 0 spiro atoms. The summed E-state index contributed by atoms with van der Waals surface area (Å²) in [5.74, 6) is 1.09. The summed E-state index contributed by atoms with van der Waals surface area (Å²) in [6.45, 7) is 0. The van der Waals surface area contributed by atoms with E-state index in [4.69, 9.17) is 14.7 Å². The molecule has 1 saturated heterocycles. The van der Waals surface area contributed by atoms with Crippen molar-refractivity contribution in [1.29, 1.82) is 5.26 Å². The van der Waals surface area contributed by atoms with Crippen molar-refractivity contribution in [2.75, 3.05) is 18.6 Å². The average Bonchev–Trinajstić information content (AvgIpc) is 2.68. The van der Waals surface area contributed by atoms with Gasteiger partial charge < -0.3 is 9.47 Å². The minimum absolute atomic E-state index is 0.0208. The second-order valence-corrected chi connectivity index (χ2v) is 6.35. The summed E-state index contributed by atoms with van der Waals surface area (Å²) in [6, 6.07) is 6.82. The summed E-state index contributed by atoms with van der Waals surface area (Å²) in [5.41, 5.74) is 0.451. The average molecular weight is 267 g/mol. The predicted molar refractivity (Wildman–Crippen MR) is 65.4 cm³/mol. The highest BCUT2D eigenvalue weighted by Crippen LogP contribution is 2.30. The van der Waals surface area contributed by atoms with E-state index in [0.29, 0.717) is 23.5 Å². The molecule has 1 aromatic rings. The monoisotopic (exact) mass is 267 g/mol. The predicted octanol–water partition coefficient (Wildman–Crippen LogP) is 1.13. The number of sulfone groups is 1. The molecule has 1 aliphatic rings. The fourth-order valence-corrected chi connectivity index (χ4v) is 3.46. The fourth-order valence-electron chi connectivity index (χ4n) is 1.87. The van der Waals surface area contributed by atoms with Gasteiger partial charge in [0.1, 0.15) is 6.10 Å². The molecule has 0 amide bonds. The Morgan fingerprint density at radius 2 is 2.17 bits per heavy atom. The Bertz CT molecular complexity index is 589. The number of methoxy groups -OCH3 is 1. The smallest absolute Gasteiger partial charge is 0.162 e. The molecule has 1 aliphatic heterocycles. The minimum atomic E-state index is -2.98. The Morgan fingerprint density at radius 3 is 2.72 bits per heavy atom. The van der Waals surface area contributed by atoms with Crippen LogP contribution in [0.3, 0.4) is 0 Å². The Hall–Kier alpha value is -1.74. The standard InChI is InChI=1S/C12H13NO4S/c1-16-11-3-2-9(7-13)6-12(11)17-10-4-5-18(14,15)8-10/h2-3,6,10H,4-5,8H2,1H3. The maximum Gasteiger partial charge on any atom is 0.162 e. The van der Waals surface area contributed by atoms with Crippen molar-refractivity contribution >= 4 is 9.84 Å². The molecule has 0 saturated carbocycles. The Balaban J connectivity index is 2.21. The second-order valence-electron chi connectivity index (χ2n) is 4.12. The first-order valence-corrected chi connectivity index (χ1v) is 7.31. The molecular formula is C12H13NO4S. The van der Waals surface area contributed by atoms with Crippen molar-refractivity contribution < 1.29 is 17.9 Å².